The molecule has 0 spiro atoms. The van der Waals surface area contributed by atoms with E-state index in [1.165, 1.54) is 23.5 Å². The number of thiophene rings is 1. The fraction of sp³-hybridized carbons (Fsp3) is 0.0769. The van der Waals surface area contributed by atoms with E-state index in [-0.39, 0.29) is 11.5 Å². The summed E-state index contributed by atoms with van der Waals surface area (Å²) in [4.78, 5) is 23.5. The molecule has 0 saturated heterocycles. The molecule has 1 heterocycles. The Bertz CT molecular complexity index is 651. The summed E-state index contributed by atoms with van der Waals surface area (Å²) in [5, 5.41) is 13.5. The fourth-order valence-electron chi connectivity index (χ4n) is 1.52. The van der Waals surface area contributed by atoms with E-state index in [0.717, 1.165) is 10.0 Å². The van der Waals surface area contributed by atoms with Crippen LogP contribution in [-0.2, 0) is 0 Å². The Balaban J connectivity index is 2.28. The van der Waals surface area contributed by atoms with Crippen LogP contribution in [0.2, 0.25) is 0 Å². The third-order valence-electron chi connectivity index (χ3n) is 2.56. The molecular weight excluding hydrogens is 330 g/mol. The van der Waals surface area contributed by atoms with E-state index in [1.807, 2.05) is 6.92 Å². The summed E-state index contributed by atoms with van der Waals surface area (Å²) in [7, 11) is 0. The van der Waals surface area contributed by atoms with Gasteiger partial charge >= 0.3 is 5.97 Å². The zero-order valence-corrected chi connectivity index (χ0v) is 12.3. The van der Waals surface area contributed by atoms with Gasteiger partial charge in [-0.05, 0) is 52.0 Å². The first-order chi connectivity index (χ1) is 8.99. The van der Waals surface area contributed by atoms with Crippen molar-refractivity contribution < 1.29 is 14.7 Å². The van der Waals surface area contributed by atoms with E-state index in [0.29, 0.717) is 10.6 Å². The number of rotatable bonds is 3. The van der Waals surface area contributed by atoms with Gasteiger partial charge in [0, 0.05) is 10.2 Å². The Labute approximate surface area is 122 Å². The highest BCUT2D eigenvalue weighted by Crippen LogP contribution is 2.25. The van der Waals surface area contributed by atoms with Crippen LogP contribution < -0.4 is 5.32 Å². The molecule has 0 atom stereocenters. The number of nitrogens with one attached hydrogen (secondary N) is 1. The van der Waals surface area contributed by atoms with Crippen LogP contribution in [-0.4, -0.2) is 17.0 Å². The molecule has 1 amide bonds. The lowest BCUT2D eigenvalue weighted by atomic mass is 10.1. The average Bonchev–Trinajstić information content (AvgIpc) is 2.78. The molecule has 2 aromatic rings. The third kappa shape index (κ3) is 3.02. The largest absolute Gasteiger partial charge is 0.478 e. The van der Waals surface area contributed by atoms with Crippen molar-refractivity contribution in [1.82, 2.24) is 0 Å². The normalized spacial score (nSPS) is 10.2. The molecule has 1 aromatic heterocycles. The molecule has 0 aliphatic rings. The van der Waals surface area contributed by atoms with Crippen molar-refractivity contribution in [2.45, 2.75) is 6.92 Å². The van der Waals surface area contributed by atoms with Gasteiger partial charge in [0.25, 0.3) is 5.91 Å². The number of aryl methyl sites for hydroxylation is 1. The number of carboxylic acid groups (broad SMARTS) is 1. The Morgan fingerprint density at radius 1 is 1.32 bits per heavy atom. The van der Waals surface area contributed by atoms with Crippen LogP contribution in [0, 0.1) is 6.92 Å². The van der Waals surface area contributed by atoms with E-state index in [1.54, 1.807) is 17.5 Å². The maximum Gasteiger partial charge on any atom is 0.335 e. The quantitative estimate of drug-likeness (QED) is 0.894. The molecule has 6 heteroatoms. The van der Waals surface area contributed by atoms with Crippen molar-refractivity contribution >= 4 is 44.8 Å². The minimum Gasteiger partial charge on any atom is -0.478 e. The van der Waals surface area contributed by atoms with Crippen LogP contribution in [0.15, 0.2) is 34.1 Å². The third-order valence-corrected chi connectivity index (χ3v) is 4.39. The maximum absolute atomic E-state index is 12.1. The van der Waals surface area contributed by atoms with E-state index in [4.69, 9.17) is 5.11 Å². The first-order valence-electron chi connectivity index (χ1n) is 5.37. The van der Waals surface area contributed by atoms with Gasteiger partial charge in [0.15, 0.2) is 0 Å². The molecule has 2 N–H and O–H groups in total. The van der Waals surface area contributed by atoms with Gasteiger partial charge in [-0.15, -0.1) is 11.3 Å². The maximum atomic E-state index is 12.1. The Morgan fingerprint density at radius 2 is 2.05 bits per heavy atom. The minimum absolute atomic E-state index is 0.145. The Hall–Kier alpha value is -1.66. The Kier molecular flexibility index (Phi) is 4.01. The lowest BCUT2D eigenvalue weighted by Crippen LogP contribution is -2.12. The van der Waals surface area contributed by atoms with E-state index in [2.05, 4.69) is 21.2 Å². The number of hydrogen-bond donors (Lipinski definition) is 2. The number of halogens is 1. The number of anilines is 1. The summed E-state index contributed by atoms with van der Waals surface area (Å²) < 4.78 is 0.724. The predicted octanol–water partition coefficient (Wildman–Crippen LogP) is 3.77. The van der Waals surface area contributed by atoms with Gasteiger partial charge in [0.2, 0.25) is 0 Å². The van der Waals surface area contributed by atoms with Gasteiger partial charge in [-0.1, -0.05) is 6.07 Å². The molecule has 0 fully saturated rings. The van der Waals surface area contributed by atoms with Crippen molar-refractivity contribution in [2.75, 3.05) is 5.32 Å². The molecule has 0 radical (unpaired) electrons. The molecule has 19 heavy (non-hydrogen) atoms. The first-order valence-corrected chi connectivity index (χ1v) is 7.04. The summed E-state index contributed by atoms with van der Waals surface area (Å²) in [5.41, 5.74) is 1.46. The second-order valence-electron chi connectivity index (χ2n) is 3.89. The molecule has 2 rings (SSSR count). The summed E-state index contributed by atoms with van der Waals surface area (Å²) in [6.07, 6.45) is 0. The van der Waals surface area contributed by atoms with Crippen LogP contribution in [0.5, 0.6) is 0 Å². The number of aromatic carboxylic acids is 1. The molecule has 0 aliphatic heterocycles. The van der Waals surface area contributed by atoms with Crippen molar-refractivity contribution in [3.8, 4) is 0 Å². The lowest BCUT2D eigenvalue weighted by Gasteiger charge is -2.08. The molecule has 98 valence electrons. The highest BCUT2D eigenvalue weighted by molar-refractivity contribution is 9.10. The number of carboxylic acids is 1. The van der Waals surface area contributed by atoms with E-state index in [9.17, 15) is 9.59 Å². The number of carbonyl (C=O) groups is 2. The second kappa shape index (κ2) is 5.54. The van der Waals surface area contributed by atoms with Crippen LogP contribution in [0.3, 0.4) is 0 Å². The highest BCUT2D eigenvalue weighted by atomic mass is 79.9. The monoisotopic (exact) mass is 339 g/mol. The molecule has 0 aliphatic carbocycles. The van der Waals surface area contributed by atoms with Crippen molar-refractivity contribution in [1.29, 1.82) is 0 Å². The predicted molar refractivity (Wildman–Crippen MR) is 78.1 cm³/mol. The minimum atomic E-state index is -1.02. The number of amides is 1. The zero-order chi connectivity index (χ0) is 14.0. The SMILES string of the molecule is Cc1ccc(C(=O)O)cc1NC(=O)c1sccc1Br. The smallest absolute Gasteiger partial charge is 0.335 e. The molecule has 0 bridgehead atoms. The highest BCUT2D eigenvalue weighted by Gasteiger charge is 2.14. The van der Waals surface area contributed by atoms with Gasteiger partial charge in [-0.25, -0.2) is 4.79 Å². The summed E-state index contributed by atoms with van der Waals surface area (Å²) in [6.45, 7) is 1.81. The van der Waals surface area contributed by atoms with Crippen LogP contribution in [0.25, 0.3) is 0 Å². The van der Waals surface area contributed by atoms with Crippen molar-refractivity contribution in [3.63, 3.8) is 0 Å². The van der Waals surface area contributed by atoms with Crippen LogP contribution >= 0.6 is 27.3 Å². The van der Waals surface area contributed by atoms with Gasteiger partial charge in [0.05, 0.1) is 5.56 Å². The number of benzene rings is 1. The molecule has 0 saturated carbocycles. The second-order valence-corrected chi connectivity index (χ2v) is 5.66. The van der Waals surface area contributed by atoms with E-state index < -0.39 is 5.97 Å². The topological polar surface area (TPSA) is 66.4 Å². The van der Waals surface area contributed by atoms with Crippen molar-refractivity contribution in [3.05, 3.63) is 50.1 Å². The average molecular weight is 340 g/mol. The molecule has 1 aromatic carbocycles. The first kappa shape index (κ1) is 13.8. The molecule has 4 nitrogen and oxygen atoms in total. The Morgan fingerprint density at radius 3 is 2.63 bits per heavy atom. The summed E-state index contributed by atoms with van der Waals surface area (Å²) >= 11 is 4.61. The van der Waals surface area contributed by atoms with Gasteiger partial charge in [0.1, 0.15) is 4.88 Å². The fourth-order valence-corrected chi connectivity index (χ4v) is 2.97. The van der Waals surface area contributed by atoms with Crippen LogP contribution in [0.4, 0.5) is 5.69 Å². The van der Waals surface area contributed by atoms with Gasteiger partial charge in [-0.2, -0.15) is 0 Å². The molecule has 0 unspecified atom stereocenters. The standard InChI is InChI=1S/C13H10BrNO3S/c1-7-2-3-8(13(17)18)6-10(7)15-12(16)11-9(14)4-5-19-11/h2-6H,1H3,(H,15,16)(H,17,18). The summed E-state index contributed by atoms with van der Waals surface area (Å²) in [5.74, 6) is -1.28. The van der Waals surface area contributed by atoms with Gasteiger partial charge in [-0.3, -0.25) is 4.79 Å². The van der Waals surface area contributed by atoms with Crippen LogP contribution in [0.1, 0.15) is 25.6 Å². The van der Waals surface area contributed by atoms with E-state index >= 15 is 0 Å². The summed E-state index contributed by atoms with van der Waals surface area (Å²) in [6, 6.07) is 6.42. The van der Waals surface area contributed by atoms with Crippen molar-refractivity contribution in [2.24, 2.45) is 0 Å². The zero-order valence-electron chi connectivity index (χ0n) is 9.94. The number of carbonyl (C=O) groups excluding carboxylic acids is 1. The lowest BCUT2D eigenvalue weighted by molar-refractivity contribution is 0.0696. The van der Waals surface area contributed by atoms with Gasteiger partial charge < -0.3 is 10.4 Å². The molecular formula is C13H10BrNO3S. The number of hydrogen-bond acceptors (Lipinski definition) is 3.